The Morgan fingerprint density at radius 2 is 2.10 bits per heavy atom. The summed E-state index contributed by atoms with van der Waals surface area (Å²) in [5, 5.41) is 15.8. The SMILES string of the molecule is CC1(CO)CCCC1NC(=O)NC1CCCC2OCCC12. The molecule has 1 heterocycles. The number of ether oxygens (including phenoxy) is 1. The summed E-state index contributed by atoms with van der Waals surface area (Å²) in [5.74, 6) is 0.484. The smallest absolute Gasteiger partial charge is 0.315 e. The van der Waals surface area contributed by atoms with Gasteiger partial charge in [0.1, 0.15) is 0 Å². The van der Waals surface area contributed by atoms with Crippen LogP contribution >= 0.6 is 0 Å². The lowest BCUT2D eigenvalue weighted by molar-refractivity contribution is 0.0545. The molecular weight excluding hydrogens is 268 g/mol. The Balaban J connectivity index is 1.54. The van der Waals surface area contributed by atoms with E-state index >= 15 is 0 Å². The van der Waals surface area contributed by atoms with Gasteiger partial charge in [-0.15, -0.1) is 0 Å². The first-order valence-electron chi connectivity index (χ1n) is 8.42. The molecule has 21 heavy (non-hydrogen) atoms. The van der Waals surface area contributed by atoms with Crippen LogP contribution in [0, 0.1) is 11.3 Å². The molecule has 2 amide bonds. The first-order valence-corrected chi connectivity index (χ1v) is 8.42. The molecule has 5 heteroatoms. The van der Waals surface area contributed by atoms with Crippen molar-refractivity contribution < 1.29 is 14.6 Å². The Morgan fingerprint density at radius 3 is 2.90 bits per heavy atom. The highest BCUT2D eigenvalue weighted by Gasteiger charge is 2.41. The van der Waals surface area contributed by atoms with Gasteiger partial charge in [0, 0.05) is 30.0 Å². The fourth-order valence-electron chi connectivity index (χ4n) is 4.39. The number of carbonyl (C=O) groups is 1. The van der Waals surface area contributed by atoms with Crippen LogP contribution in [-0.2, 0) is 4.74 Å². The number of aliphatic hydroxyl groups is 1. The second-order valence-corrected chi connectivity index (χ2v) is 7.27. The summed E-state index contributed by atoms with van der Waals surface area (Å²) in [6.07, 6.45) is 7.75. The largest absolute Gasteiger partial charge is 0.396 e. The Morgan fingerprint density at radius 1 is 1.24 bits per heavy atom. The van der Waals surface area contributed by atoms with Crippen LogP contribution in [0.25, 0.3) is 0 Å². The second kappa shape index (κ2) is 6.13. The number of rotatable bonds is 3. The molecule has 0 aromatic rings. The van der Waals surface area contributed by atoms with Gasteiger partial charge in [-0.05, 0) is 38.5 Å². The van der Waals surface area contributed by atoms with Gasteiger partial charge in [-0.1, -0.05) is 13.3 Å². The van der Waals surface area contributed by atoms with E-state index in [4.69, 9.17) is 4.74 Å². The van der Waals surface area contributed by atoms with Crippen LogP contribution in [0.3, 0.4) is 0 Å². The predicted octanol–water partition coefficient (Wildman–Crippen LogP) is 1.79. The number of hydrogen-bond acceptors (Lipinski definition) is 3. The summed E-state index contributed by atoms with van der Waals surface area (Å²) in [6.45, 7) is 3.03. The number of carbonyl (C=O) groups excluding carboxylic acids is 1. The van der Waals surface area contributed by atoms with Crippen molar-refractivity contribution >= 4 is 6.03 Å². The van der Waals surface area contributed by atoms with Crippen molar-refractivity contribution in [1.82, 2.24) is 10.6 Å². The van der Waals surface area contributed by atoms with Gasteiger partial charge >= 0.3 is 6.03 Å². The third-order valence-corrected chi connectivity index (χ3v) is 5.85. The number of nitrogens with one attached hydrogen (secondary N) is 2. The molecule has 120 valence electrons. The van der Waals surface area contributed by atoms with Crippen molar-refractivity contribution in [3.8, 4) is 0 Å². The van der Waals surface area contributed by atoms with E-state index in [-0.39, 0.29) is 30.1 Å². The molecule has 0 spiro atoms. The van der Waals surface area contributed by atoms with E-state index in [1.165, 1.54) is 0 Å². The maximum Gasteiger partial charge on any atom is 0.315 e. The molecule has 0 aromatic carbocycles. The van der Waals surface area contributed by atoms with Crippen LogP contribution in [0.2, 0.25) is 0 Å². The third-order valence-electron chi connectivity index (χ3n) is 5.85. The van der Waals surface area contributed by atoms with E-state index in [2.05, 4.69) is 17.6 Å². The van der Waals surface area contributed by atoms with Gasteiger partial charge in [0.25, 0.3) is 0 Å². The zero-order chi connectivity index (χ0) is 14.9. The van der Waals surface area contributed by atoms with E-state index in [0.29, 0.717) is 12.0 Å². The molecule has 5 nitrogen and oxygen atoms in total. The fourth-order valence-corrected chi connectivity index (χ4v) is 4.39. The molecule has 0 aromatic heterocycles. The lowest BCUT2D eigenvalue weighted by Crippen LogP contribution is -2.53. The molecule has 5 unspecified atom stereocenters. The summed E-state index contributed by atoms with van der Waals surface area (Å²) < 4.78 is 5.75. The van der Waals surface area contributed by atoms with Crippen LogP contribution in [0.15, 0.2) is 0 Å². The lowest BCUT2D eigenvalue weighted by atomic mass is 9.82. The number of urea groups is 1. The highest BCUT2D eigenvalue weighted by Crippen LogP contribution is 2.37. The minimum absolute atomic E-state index is 0.0703. The average molecular weight is 296 g/mol. The number of amides is 2. The average Bonchev–Trinajstić information content (AvgIpc) is 3.08. The van der Waals surface area contributed by atoms with Crippen molar-refractivity contribution in [3.05, 3.63) is 0 Å². The maximum absolute atomic E-state index is 12.3. The minimum Gasteiger partial charge on any atom is -0.396 e. The zero-order valence-corrected chi connectivity index (χ0v) is 12.9. The summed E-state index contributed by atoms with van der Waals surface area (Å²) in [6, 6.07) is 0.258. The van der Waals surface area contributed by atoms with Gasteiger partial charge in [0.2, 0.25) is 0 Å². The highest BCUT2D eigenvalue weighted by molar-refractivity contribution is 5.74. The normalized spacial score (nSPS) is 42.6. The highest BCUT2D eigenvalue weighted by atomic mass is 16.5. The topological polar surface area (TPSA) is 70.6 Å². The monoisotopic (exact) mass is 296 g/mol. The first-order chi connectivity index (χ1) is 10.1. The van der Waals surface area contributed by atoms with Gasteiger partial charge in [-0.2, -0.15) is 0 Å². The molecule has 3 rings (SSSR count). The summed E-state index contributed by atoms with van der Waals surface area (Å²) in [7, 11) is 0. The third kappa shape index (κ3) is 3.04. The molecule has 2 saturated carbocycles. The minimum atomic E-state index is -0.164. The van der Waals surface area contributed by atoms with E-state index in [1.54, 1.807) is 0 Å². The fraction of sp³-hybridized carbons (Fsp3) is 0.938. The summed E-state index contributed by atoms with van der Waals surface area (Å²) in [5.41, 5.74) is -0.164. The van der Waals surface area contributed by atoms with Gasteiger partial charge in [-0.3, -0.25) is 0 Å². The van der Waals surface area contributed by atoms with Gasteiger partial charge in [0.05, 0.1) is 12.7 Å². The van der Waals surface area contributed by atoms with Gasteiger partial charge in [0.15, 0.2) is 0 Å². The van der Waals surface area contributed by atoms with Crippen molar-refractivity contribution in [1.29, 1.82) is 0 Å². The molecule has 5 atom stereocenters. The molecule has 2 aliphatic carbocycles. The van der Waals surface area contributed by atoms with E-state index in [1.807, 2.05) is 0 Å². The van der Waals surface area contributed by atoms with Crippen LogP contribution in [0.5, 0.6) is 0 Å². The molecule has 1 aliphatic heterocycles. The predicted molar refractivity (Wildman–Crippen MR) is 80.0 cm³/mol. The Kier molecular flexibility index (Phi) is 4.41. The van der Waals surface area contributed by atoms with Crippen LogP contribution in [-0.4, -0.2) is 42.5 Å². The summed E-state index contributed by atoms with van der Waals surface area (Å²) >= 11 is 0. The molecule has 0 radical (unpaired) electrons. The summed E-state index contributed by atoms with van der Waals surface area (Å²) in [4.78, 5) is 12.3. The lowest BCUT2D eigenvalue weighted by Gasteiger charge is -2.35. The van der Waals surface area contributed by atoms with E-state index in [0.717, 1.165) is 51.6 Å². The van der Waals surface area contributed by atoms with Crippen molar-refractivity contribution in [3.63, 3.8) is 0 Å². The van der Waals surface area contributed by atoms with Crippen molar-refractivity contribution in [2.24, 2.45) is 11.3 Å². The molecule has 0 bridgehead atoms. The molecule has 3 fully saturated rings. The zero-order valence-electron chi connectivity index (χ0n) is 12.9. The number of aliphatic hydroxyl groups excluding tert-OH is 1. The molecule has 3 N–H and O–H groups in total. The Hall–Kier alpha value is -0.810. The molecule has 1 saturated heterocycles. The van der Waals surface area contributed by atoms with Crippen LogP contribution in [0.1, 0.15) is 51.9 Å². The molecule has 3 aliphatic rings. The van der Waals surface area contributed by atoms with Gasteiger partial charge in [-0.25, -0.2) is 4.79 Å². The van der Waals surface area contributed by atoms with E-state index < -0.39 is 0 Å². The molecular formula is C16H28N2O3. The van der Waals surface area contributed by atoms with Crippen LogP contribution < -0.4 is 10.6 Å². The number of fused-ring (bicyclic) bond motifs is 1. The standard InChI is InChI=1S/C16H28N2O3/c1-16(10-19)8-3-6-14(16)18-15(20)17-12-4-2-5-13-11(12)7-9-21-13/h11-14,19H,2-10H2,1H3,(H2,17,18,20). The van der Waals surface area contributed by atoms with E-state index in [9.17, 15) is 9.90 Å². The number of hydrogen-bond donors (Lipinski definition) is 3. The van der Waals surface area contributed by atoms with Crippen molar-refractivity contribution in [2.45, 2.75) is 70.1 Å². The van der Waals surface area contributed by atoms with Crippen molar-refractivity contribution in [2.75, 3.05) is 13.2 Å². The maximum atomic E-state index is 12.3. The Labute approximate surface area is 126 Å². The van der Waals surface area contributed by atoms with Crippen LogP contribution in [0.4, 0.5) is 4.79 Å². The van der Waals surface area contributed by atoms with Gasteiger partial charge < -0.3 is 20.5 Å². The first kappa shape index (κ1) is 15.1. The Bertz CT molecular complexity index is 390. The second-order valence-electron chi connectivity index (χ2n) is 7.27. The quantitative estimate of drug-likeness (QED) is 0.743.